The molecule has 2 amide bonds. The van der Waals surface area contributed by atoms with Crippen molar-refractivity contribution in [2.45, 2.75) is 19.1 Å². The standard InChI is InChI=1S/C8H14F3N3O2/c1-5(13-3-6(15)12-2)7(16)14-4-8(9,10)11/h5,13H,3-4H2,1-2H3,(H,12,15)(H,14,16). The van der Waals surface area contributed by atoms with Crippen LogP contribution < -0.4 is 16.0 Å². The monoisotopic (exact) mass is 241 g/mol. The van der Waals surface area contributed by atoms with Gasteiger partial charge in [-0.15, -0.1) is 0 Å². The SMILES string of the molecule is CNC(=O)CNC(C)C(=O)NCC(F)(F)F. The van der Waals surface area contributed by atoms with Crippen LogP contribution in [0.3, 0.4) is 0 Å². The van der Waals surface area contributed by atoms with Crippen LogP contribution in [0.5, 0.6) is 0 Å². The number of carbonyl (C=O) groups excluding carboxylic acids is 2. The van der Waals surface area contributed by atoms with Crippen molar-refractivity contribution in [1.82, 2.24) is 16.0 Å². The normalized spacial score (nSPS) is 13.1. The molecular weight excluding hydrogens is 227 g/mol. The Morgan fingerprint density at radius 2 is 1.88 bits per heavy atom. The van der Waals surface area contributed by atoms with Gasteiger partial charge in [0.2, 0.25) is 11.8 Å². The van der Waals surface area contributed by atoms with Crippen LogP contribution in [0.15, 0.2) is 0 Å². The van der Waals surface area contributed by atoms with Gasteiger partial charge in [-0.2, -0.15) is 13.2 Å². The van der Waals surface area contributed by atoms with Gasteiger partial charge in [0.25, 0.3) is 0 Å². The molecule has 94 valence electrons. The molecule has 1 atom stereocenters. The highest BCUT2D eigenvalue weighted by Crippen LogP contribution is 2.12. The van der Waals surface area contributed by atoms with Crippen molar-refractivity contribution in [3.8, 4) is 0 Å². The summed E-state index contributed by atoms with van der Waals surface area (Å²) < 4.78 is 35.2. The molecule has 0 spiro atoms. The predicted octanol–water partition coefficient (Wildman–Crippen LogP) is -0.611. The number of rotatable bonds is 5. The maximum Gasteiger partial charge on any atom is 0.405 e. The summed E-state index contributed by atoms with van der Waals surface area (Å²) in [6.07, 6.45) is -4.43. The van der Waals surface area contributed by atoms with Crippen LogP contribution in [0.25, 0.3) is 0 Å². The van der Waals surface area contributed by atoms with Crippen molar-refractivity contribution in [1.29, 1.82) is 0 Å². The zero-order valence-electron chi connectivity index (χ0n) is 8.94. The van der Waals surface area contributed by atoms with Gasteiger partial charge in [0.1, 0.15) is 6.54 Å². The Hall–Kier alpha value is -1.31. The largest absolute Gasteiger partial charge is 0.405 e. The lowest BCUT2D eigenvalue weighted by Crippen LogP contribution is -2.47. The summed E-state index contributed by atoms with van der Waals surface area (Å²) in [5.41, 5.74) is 0. The third-order valence-corrected chi connectivity index (χ3v) is 1.70. The maximum absolute atomic E-state index is 11.7. The third-order valence-electron chi connectivity index (χ3n) is 1.70. The van der Waals surface area contributed by atoms with E-state index in [0.717, 1.165) is 0 Å². The summed E-state index contributed by atoms with van der Waals surface area (Å²) in [4.78, 5) is 21.9. The molecule has 1 unspecified atom stereocenters. The Labute approximate surface area is 90.8 Å². The van der Waals surface area contributed by atoms with Gasteiger partial charge in [0.15, 0.2) is 0 Å². The zero-order valence-corrected chi connectivity index (χ0v) is 8.94. The summed E-state index contributed by atoms with van der Waals surface area (Å²) in [5.74, 6) is -1.16. The van der Waals surface area contributed by atoms with Crippen molar-refractivity contribution < 1.29 is 22.8 Å². The first-order valence-electron chi connectivity index (χ1n) is 4.54. The lowest BCUT2D eigenvalue weighted by molar-refractivity contribution is -0.139. The van der Waals surface area contributed by atoms with Crippen LogP contribution in [-0.4, -0.2) is 44.2 Å². The van der Waals surface area contributed by atoms with Crippen molar-refractivity contribution in [2.75, 3.05) is 20.1 Å². The highest BCUT2D eigenvalue weighted by Gasteiger charge is 2.28. The van der Waals surface area contributed by atoms with Crippen LogP contribution >= 0.6 is 0 Å². The number of nitrogens with one attached hydrogen (secondary N) is 3. The van der Waals surface area contributed by atoms with E-state index in [4.69, 9.17) is 0 Å². The number of amides is 2. The zero-order chi connectivity index (χ0) is 12.8. The fraction of sp³-hybridized carbons (Fsp3) is 0.750. The van der Waals surface area contributed by atoms with Crippen molar-refractivity contribution >= 4 is 11.8 Å². The van der Waals surface area contributed by atoms with Crippen LogP contribution in [0.2, 0.25) is 0 Å². The van der Waals surface area contributed by atoms with Crippen molar-refractivity contribution in [3.63, 3.8) is 0 Å². The van der Waals surface area contributed by atoms with Gasteiger partial charge in [-0.1, -0.05) is 0 Å². The van der Waals surface area contributed by atoms with E-state index in [-0.39, 0.29) is 12.5 Å². The maximum atomic E-state index is 11.7. The molecular formula is C8H14F3N3O2. The molecule has 8 heteroatoms. The lowest BCUT2D eigenvalue weighted by atomic mass is 10.3. The van der Waals surface area contributed by atoms with Crippen LogP contribution in [-0.2, 0) is 9.59 Å². The Bertz CT molecular complexity index is 255. The molecule has 0 aliphatic heterocycles. The fourth-order valence-electron chi connectivity index (χ4n) is 0.767. The topological polar surface area (TPSA) is 70.2 Å². The molecule has 0 aliphatic carbocycles. The van der Waals surface area contributed by atoms with E-state index in [1.54, 1.807) is 5.32 Å². The number of likely N-dealkylation sites (N-methyl/N-ethyl adjacent to an activating group) is 1. The minimum atomic E-state index is -4.43. The highest BCUT2D eigenvalue weighted by molar-refractivity contribution is 5.83. The summed E-state index contributed by atoms with van der Waals surface area (Å²) in [7, 11) is 1.42. The molecule has 0 aromatic rings. The first-order chi connectivity index (χ1) is 7.26. The number of alkyl halides is 3. The second kappa shape index (κ2) is 6.31. The molecule has 0 aliphatic rings. The van der Waals surface area contributed by atoms with E-state index in [2.05, 4.69) is 10.6 Å². The highest BCUT2D eigenvalue weighted by atomic mass is 19.4. The molecule has 3 N–H and O–H groups in total. The van der Waals surface area contributed by atoms with Crippen LogP contribution in [0.1, 0.15) is 6.92 Å². The molecule has 0 radical (unpaired) electrons. The summed E-state index contributed by atoms with van der Waals surface area (Å²) in [6.45, 7) is -0.135. The molecule has 0 heterocycles. The molecule has 0 saturated heterocycles. The van der Waals surface area contributed by atoms with E-state index in [0.29, 0.717) is 0 Å². The summed E-state index contributed by atoms with van der Waals surface area (Å²) >= 11 is 0. The molecule has 0 rings (SSSR count). The minimum absolute atomic E-state index is 0.128. The number of hydrogen-bond donors (Lipinski definition) is 3. The molecule has 0 saturated carbocycles. The van der Waals surface area contributed by atoms with Gasteiger partial charge in [0.05, 0.1) is 12.6 Å². The van der Waals surface area contributed by atoms with Crippen molar-refractivity contribution in [3.05, 3.63) is 0 Å². The molecule has 5 nitrogen and oxygen atoms in total. The fourth-order valence-corrected chi connectivity index (χ4v) is 0.767. The first kappa shape index (κ1) is 14.7. The van der Waals surface area contributed by atoms with Gasteiger partial charge in [0, 0.05) is 7.05 Å². The summed E-state index contributed by atoms with van der Waals surface area (Å²) in [6, 6.07) is -0.861. The van der Waals surface area contributed by atoms with E-state index in [1.165, 1.54) is 14.0 Å². The Balaban J connectivity index is 3.86. The van der Waals surface area contributed by atoms with E-state index in [9.17, 15) is 22.8 Å². The Kier molecular flexibility index (Phi) is 5.79. The number of hydrogen-bond acceptors (Lipinski definition) is 3. The van der Waals surface area contributed by atoms with E-state index >= 15 is 0 Å². The predicted molar refractivity (Wildman–Crippen MR) is 50.6 cm³/mol. The first-order valence-corrected chi connectivity index (χ1v) is 4.54. The minimum Gasteiger partial charge on any atom is -0.358 e. The smallest absolute Gasteiger partial charge is 0.358 e. The van der Waals surface area contributed by atoms with Gasteiger partial charge >= 0.3 is 6.18 Å². The average Bonchev–Trinajstić information content (AvgIpc) is 2.20. The molecule has 16 heavy (non-hydrogen) atoms. The number of carbonyl (C=O) groups is 2. The lowest BCUT2D eigenvalue weighted by Gasteiger charge is -2.14. The van der Waals surface area contributed by atoms with Gasteiger partial charge < -0.3 is 10.6 Å². The van der Waals surface area contributed by atoms with E-state index < -0.39 is 24.7 Å². The van der Waals surface area contributed by atoms with Gasteiger partial charge in [-0.05, 0) is 6.92 Å². The number of halogens is 3. The molecule has 0 aromatic heterocycles. The van der Waals surface area contributed by atoms with Gasteiger partial charge in [-0.3, -0.25) is 14.9 Å². The average molecular weight is 241 g/mol. The second-order valence-corrected chi connectivity index (χ2v) is 3.11. The summed E-state index contributed by atoms with van der Waals surface area (Å²) in [5, 5.41) is 6.49. The quantitative estimate of drug-likeness (QED) is 0.601. The van der Waals surface area contributed by atoms with Crippen molar-refractivity contribution in [2.24, 2.45) is 0 Å². The Morgan fingerprint density at radius 1 is 1.31 bits per heavy atom. The van der Waals surface area contributed by atoms with Crippen LogP contribution in [0.4, 0.5) is 13.2 Å². The van der Waals surface area contributed by atoms with Gasteiger partial charge in [-0.25, -0.2) is 0 Å². The molecule has 0 bridgehead atoms. The third kappa shape index (κ3) is 7.04. The second-order valence-electron chi connectivity index (χ2n) is 3.11. The Morgan fingerprint density at radius 3 is 2.31 bits per heavy atom. The molecule has 0 aromatic carbocycles. The van der Waals surface area contributed by atoms with E-state index in [1.807, 2.05) is 0 Å². The van der Waals surface area contributed by atoms with Crippen LogP contribution in [0, 0.1) is 0 Å². The molecule has 0 fully saturated rings.